The van der Waals surface area contributed by atoms with Crippen molar-refractivity contribution in [2.45, 2.75) is 65.6 Å². The molecule has 0 spiro atoms. The summed E-state index contributed by atoms with van der Waals surface area (Å²) in [5, 5.41) is 25.5. The first-order chi connectivity index (χ1) is 19.1. The van der Waals surface area contributed by atoms with E-state index in [0.717, 1.165) is 40.7 Å². The number of nitrogens with one attached hydrogen (secondary N) is 2. The van der Waals surface area contributed by atoms with Crippen LogP contribution in [0.2, 0.25) is 0 Å². The monoisotopic (exact) mass is 541 g/mol. The van der Waals surface area contributed by atoms with Crippen LogP contribution in [-0.4, -0.2) is 40.4 Å². The molecule has 2 atom stereocenters. The lowest BCUT2D eigenvalue weighted by atomic mass is 9.95. The molecule has 1 aliphatic carbocycles. The molecule has 3 rings (SSSR count). The van der Waals surface area contributed by atoms with Gasteiger partial charge in [-0.25, -0.2) is 0 Å². The van der Waals surface area contributed by atoms with E-state index in [2.05, 4.69) is 28.9 Å². The van der Waals surface area contributed by atoms with E-state index in [9.17, 15) is 20.0 Å². The largest absolute Gasteiger partial charge is 0.508 e. The van der Waals surface area contributed by atoms with Crippen molar-refractivity contribution >= 4 is 11.8 Å². The van der Waals surface area contributed by atoms with Crippen LogP contribution >= 0.6 is 0 Å². The van der Waals surface area contributed by atoms with Gasteiger partial charge in [-0.2, -0.15) is 5.26 Å². The fourth-order valence-corrected chi connectivity index (χ4v) is 4.89. The minimum Gasteiger partial charge on any atom is -0.508 e. The minimum atomic E-state index is -0.820. The number of nitrogens with two attached hydrogens (primary N) is 1. The summed E-state index contributed by atoms with van der Waals surface area (Å²) in [4.78, 5) is 28.1. The molecule has 2 unspecified atom stereocenters. The molecule has 2 aromatic rings. The predicted molar refractivity (Wildman–Crippen MR) is 157 cm³/mol. The molecule has 0 fully saturated rings. The fourth-order valence-electron chi connectivity index (χ4n) is 4.89. The summed E-state index contributed by atoms with van der Waals surface area (Å²) in [5.74, 6) is -0.394. The zero-order chi connectivity index (χ0) is 29.2. The van der Waals surface area contributed by atoms with E-state index in [0.29, 0.717) is 17.8 Å². The lowest BCUT2D eigenvalue weighted by Crippen LogP contribution is -2.53. The van der Waals surface area contributed by atoms with Gasteiger partial charge in [0, 0.05) is 38.7 Å². The van der Waals surface area contributed by atoms with E-state index >= 15 is 0 Å². The van der Waals surface area contributed by atoms with Crippen LogP contribution in [0.3, 0.4) is 0 Å². The van der Waals surface area contributed by atoms with Crippen molar-refractivity contribution in [1.29, 1.82) is 5.26 Å². The number of phenolic OH excluding ortho intramolecular Hbond substituents is 1. The lowest BCUT2D eigenvalue weighted by Gasteiger charge is -2.33. The number of allylic oxidation sites excluding steroid dienone is 3. The summed E-state index contributed by atoms with van der Waals surface area (Å²) in [6.45, 7) is 7.76. The van der Waals surface area contributed by atoms with E-state index in [1.807, 2.05) is 32.9 Å². The van der Waals surface area contributed by atoms with Crippen molar-refractivity contribution in [2.75, 3.05) is 6.54 Å². The molecule has 8 nitrogen and oxygen atoms in total. The molecule has 0 aliphatic heterocycles. The lowest BCUT2D eigenvalue weighted by molar-refractivity contribution is -0.138. The first-order valence-corrected chi connectivity index (χ1v) is 13.5. The SMILES string of the molecule is CC(=O)NC(Cc1c(C)cc(O)cc1C)C(=O)N(Cc1cccc(C#N)c1)C(C)CN/C=C(\N)C1=CCCC=C1. The van der Waals surface area contributed by atoms with Gasteiger partial charge in [-0.15, -0.1) is 0 Å². The summed E-state index contributed by atoms with van der Waals surface area (Å²) >= 11 is 0. The molecule has 0 radical (unpaired) electrons. The first-order valence-electron chi connectivity index (χ1n) is 13.5. The van der Waals surface area contributed by atoms with Gasteiger partial charge in [0.05, 0.1) is 17.3 Å². The van der Waals surface area contributed by atoms with Gasteiger partial charge in [-0.05, 0) is 85.7 Å². The highest BCUT2D eigenvalue weighted by molar-refractivity contribution is 5.87. The summed E-state index contributed by atoms with van der Waals surface area (Å²) in [6.07, 6.45) is 10.2. The van der Waals surface area contributed by atoms with Crippen LogP contribution in [-0.2, 0) is 22.6 Å². The highest BCUT2D eigenvalue weighted by Crippen LogP contribution is 2.23. The summed E-state index contributed by atoms with van der Waals surface area (Å²) in [5.41, 5.74) is 11.7. The smallest absolute Gasteiger partial charge is 0.246 e. The molecule has 40 heavy (non-hydrogen) atoms. The number of carbonyl (C=O) groups excluding carboxylic acids is 2. The van der Waals surface area contributed by atoms with Crippen molar-refractivity contribution < 1.29 is 14.7 Å². The zero-order valence-electron chi connectivity index (χ0n) is 23.7. The first kappa shape index (κ1) is 30.0. The van der Waals surface area contributed by atoms with Gasteiger partial charge in [-0.1, -0.05) is 30.4 Å². The molecule has 0 aromatic heterocycles. The van der Waals surface area contributed by atoms with E-state index in [4.69, 9.17) is 5.73 Å². The Balaban J connectivity index is 1.89. The van der Waals surface area contributed by atoms with Crippen LogP contribution in [0.1, 0.15) is 54.5 Å². The van der Waals surface area contributed by atoms with Gasteiger partial charge >= 0.3 is 0 Å². The second-order valence-electron chi connectivity index (χ2n) is 10.3. The maximum absolute atomic E-state index is 14.1. The number of nitriles is 1. The van der Waals surface area contributed by atoms with E-state index < -0.39 is 6.04 Å². The molecular formula is C32H39N5O3. The summed E-state index contributed by atoms with van der Waals surface area (Å²) in [6, 6.07) is 11.5. The number of aryl methyl sites for hydroxylation is 2. The molecule has 2 amide bonds. The van der Waals surface area contributed by atoms with Crippen LogP contribution < -0.4 is 16.4 Å². The Labute approximate surface area is 236 Å². The van der Waals surface area contributed by atoms with Gasteiger partial charge in [0.15, 0.2) is 0 Å². The zero-order valence-corrected chi connectivity index (χ0v) is 23.7. The molecule has 0 saturated heterocycles. The molecule has 210 valence electrons. The number of benzene rings is 2. The van der Waals surface area contributed by atoms with E-state index in [1.54, 1.807) is 41.4 Å². The Morgan fingerprint density at radius 3 is 2.55 bits per heavy atom. The van der Waals surface area contributed by atoms with Gasteiger partial charge < -0.3 is 26.4 Å². The fraction of sp³-hybridized carbons (Fsp3) is 0.344. The second-order valence-corrected chi connectivity index (χ2v) is 10.3. The van der Waals surface area contributed by atoms with E-state index in [-0.39, 0.29) is 36.6 Å². The van der Waals surface area contributed by atoms with Crippen molar-refractivity contribution in [3.63, 3.8) is 0 Å². The molecule has 8 heteroatoms. The number of amides is 2. The molecule has 1 aliphatic rings. The number of aromatic hydroxyl groups is 1. The average Bonchev–Trinajstić information content (AvgIpc) is 2.92. The van der Waals surface area contributed by atoms with Crippen molar-refractivity contribution in [3.05, 3.63) is 99.9 Å². The van der Waals surface area contributed by atoms with Crippen LogP contribution in [0.4, 0.5) is 0 Å². The maximum atomic E-state index is 14.1. The average molecular weight is 542 g/mol. The Hall–Kier alpha value is -4.51. The highest BCUT2D eigenvalue weighted by Gasteiger charge is 2.30. The summed E-state index contributed by atoms with van der Waals surface area (Å²) < 4.78 is 0. The van der Waals surface area contributed by atoms with Crippen LogP contribution in [0.5, 0.6) is 5.75 Å². The van der Waals surface area contributed by atoms with Gasteiger partial charge in [0.2, 0.25) is 11.8 Å². The Bertz CT molecular complexity index is 1350. The molecule has 2 aromatic carbocycles. The Kier molecular flexibility index (Phi) is 10.5. The molecule has 5 N–H and O–H groups in total. The quantitative estimate of drug-likeness (QED) is 0.340. The second kappa shape index (κ2) is 14.0. The topological polar surface area (TPSA) is 131 Å². The third-order valence-corrected chi connectivity index (χ3v) is 6.99. The van der Waals surface area contributed by atoms with Crippen LogP contribution in [0.25, 0.3) is 0 Å². The number of carbonyl (C=O) groups is 2. The predicted octanol–water partition coefficient (Wildman–Crippen LogP) is 4.01. The van der Waals surface area contributed by atoms with Crippen LogP contribution in [0.15, 0.2) is 72.1 Å². The van der Waals surface area contributed by atoms with Crippen molar-refractivity contribution in [1.82, 2.24) is 15.5 Å². The van der Waals surface area contributed by atoms with Gasteiger partial charge in [0.25, 0.3) is 0 Å². The van der Waals surface area contributed by atoms with Crippen molar-refractivity contribution in [2.24, 2.45) is 5.73 Å². The number of nitrogens with zero attached hydrogens (tertiary/aromatic N) is 2. The third-order valence-electron chi connectivity index (χ3n) is 6.99. The Morgan fingerprint density at radius 1 is 1.20 bits per heavy atom. The van der Waals surface area contributed by atoms with Crippen LogP contribution in [0, 0.1) is 25.2 Å². The van der Waals surface area contributed by atoms with Crippen molar-refractivity contribution in [3.8, 4) is 11.8 Å². The molecule has 0 saturated carbocycles. The highest BCUT2D eigenvalue weighted by atomic mass is 16.3. The molecule has 0 heterocycles. The molecular weight excluding hydrogens is 502 g/mol. The standard InChI is InChI=1S/C32H39N5O3/c1-21-13-28(39)14-22(2)29(21)16-31(36-24(4)38)32(40)37(20-26-10-8-9-25(15-26)17-33)23(3)18-35-19-30(34)27-11-6-5-7-12-27/h6,8-15,19,23,31,35,39H,5,7,16,18,20,34H2,1-4H3,(H,36,38)/b30-19-. The molecule has 0 bridgehead atoms. The number of phenols is 1. The normalized spacial score (nSPS) is 14.5. The van der Waals surface area contributed by atoms with E-state index in [1.165, 1.54) is 6.92 Å². The Morgan fingerprint density at radius 2 is 1.93 bits per heavy atom. The minimum absolute atomic E-state index is 0.159. The van der Waals surface area contributed by atoms with Gasteiger partial charge in [-0.3, -0.25) is 9.59 Å². The number of rotatable bonds is 11. The summed E-state index contributed by atoms with van der Waals surface area (Å²) in [7, 11) is 0. The third kappa shape index (κ3) is 8.24. The number of hydrogen-bond acceptors (Lipinski definition) is 6. The van der Waals surface area contributed by atoms with Gasteiger partial charge in [0.1, 0.15) is 11.8 Å². The maximum Gasteiger partial charge on any atom is 0.246 e. The number of hydrogen-bond donors (Lipinski definition) is 4.